The van der Waals surface area contributed by atoms with E-state index in [1.165, 1.54) is 34.1 Å². The van der Waals surface area contributed by atoms with Gasteiger partial charge in [-0.1, -0.05) is 46.2 Å². The van der Waals surface area contributed by atoms with E-state index in [-0.39, 0.29) is 56.7 Å². The van der Waals surface area contributed by atoms with Gasteiger partial charge in [-0.05, 0) is 124 Å². The molecule has 1 aromatic carbocycles. The number of ether oxygens (including phenoxy) is 1. The molecule has 4 fully saturated rings. The number of H-pyrrole nitrogens is 1. The van der Waals surface area contributed by atoms with Crippen LogP contribution >= 0.6 is 0 Å². The highest BCUT2D eigenvalue weighted by Gasteiger charge is 2.73. The van der Waals surface area contributed by atoms with Crippen LogP contribution in [-0.4, -0.2) is 33.2 Å². The Morgan fingerprint density at radius 1 is 0.951 bits per heavy atom. The van der Waals surface area contributed by atoms with E-state index in [1.54, 1.807) is 0 Å². The van der Waals surface area contributed by atoms with Crippen molar-refractivity contribution in [3.05, 3.63) is 35.0 Å². The number of carbonyl (C=O) groups excluding carboxylic acids is 1. The molecule has 9 atom stereocenters. The summed E-state index contributed by atoms with van der Waals surface area (Å²) in [6.45, 7) is 20.9. The van der Waals surface area contributed by atoms with Crippen molar-refractivity contribution in [1.82, 2.24) is 4.98 Å². The minimum atomic E-state index is -0.364. The van der Waals surface area contributed by atoms with Crippen LogP contribution in [0, 0.1) is 46.8 Å². The van der Waals surface area contributed by atoms with Crippen molar-refractivity contribution in [1.29, 1.82) is 0 Å². The van der Waals surface area contributed by atoms with Crippen LogP contribution in [0.15, 0.2) is 18.2 Å². The lowest BCUT2D eigenvalue weighted by Crippen LogP contribution is -2.69. The summed E-state index contributed by atoms with van der Waals surface area (Å²) in [6.07, 6.45) is 7.45. The summed E-state index contributed by atoms with van der Waals surface area (Å²) in [6, 6.07) is 6.72. The van der Waals surface area contributed by atoms with E-state index in [0.29, 0.717) is 18.1 Å². The van der Waals surface area contributed by atoms with E-state index in [0.717, 1.165) is 38.5 Å². The van der Waals surface area contributed by atoms with Crippen LogP contribution in [0.4, 0.5) is 0 Å². The fraction of sp³-hybridized carbons (Fsp3) is 0.757. The van der Waals surface area contributed by atoms with E-state index in [9.17, 15) is 9.90 Å². The largest absolute Gasteiger partial charge is 0.393 e. The number of aromatic amines is 1. The Morgan fingerprint density at radius 3 is 2.39 bits per heavy atom. The quantitative estimate of drug-likeness (QED) is 0.371. The minimum Gasteiger partial charge on any atom is -0.393 e. The fourth-order valence-corrected chi connectivity index (χ4v) is 12.6. The van der Waals surface area contributed by atoms with E-state index >= 15 is 0 Å². The van der Waals surface area contributed by atoms with E-state index < -0.39 is 0 Å². The van der Waals surface area contributed by atoms with Gasteiger partial charge in [-0.3, -0.25) is 4.79 Å². The third-order valence-corrected chi connectivity index (χ3v) is 14.2. The molecule has 0 radical (unpaired) electrons. The Bertz CT molecular complexity index is 1440. The number of aryl methyl sites for hydroxylation is 1. The van der Waals surface area contributed by atoms with Crippen molar-refractivity contribution in [2.75, 3.05) is 0 Å². The Morgan fingerprint density at radius 2 is 1.68 bits per heavy atom. The van der Waals surface area contributed by atoms with Gasteiger partial charge in [-0.15, -0.1) is 0 Å². The first-order valence-electron chi connectivity index (χ1n) is 16.5. The molecule has 2 heterocycles. The maximum atomic E-state index is 14.6. The number of hydrogen-bond acceptors (Lipinski definition) is 3. The van der Waals surface area contributed by atoms with Gasteiger partial charge in [0.05, 0.1) is 17.3 Å². The SMILES string of the molecule is Cc1ccc2[nH]c3c(c2c1)C[C@]1(C)[C@H]2C[C@@H](O)[C@@H]4[C@@H]([C@@]5(C)CCCC(C)(C)O5)CC[C@@]4(C)[C@]2(C)CC(=O)[C@H]1C3(C)C. The number of aliphatic hydroxyl groups is 1. The second-order valence-corrected chi connectivity index (χ2v) is 17.4. The summed E-state index contributed by atoms with van der Waals surface area (Å²) < 4.78 is 6.91. The van der Waals surface area contributed by atoms with Crippen molar-refractivity contribution in [3.63, 3.8) is 0 Å². The third kappa shape index (κ3) is 3.50. The summed E-state index contributed by atoms with van der Waals surface area (Å²) in [5, 5.41) is 13.6. The molecule has 41 heavy (non-hydrogen) atoms. The molecular formula is C37H53NO3. The normalized spacial score (nSPS) is 46.5. The number of Topliss-reactive ketones (excluding diaryl/α,β-unsaturated/α-hetero) is 1. The van der Waals surface area contributed by atoms with Crippen molar-refractivity contribution >= 4 is 16.7 Å². The number of hydrogen-bond donors (Lipinski definition) is 2. The zero-order valence-electron chi connectivity index (χ0n) is 27.0. The summed E-state index contributed by atoms with van der Waals surface area (Å²) in [5.74, 6) is 1.16. The highest BCUT2D eigenvalue weighted by atomic mass is 16.5. The summed E-state index contributed by atoms with van der Waals surface area (Å²) in [7, 11) is 0. The number of fused-ring (bicyclic) bond motifs is 8. The Labute approximate surface area is 247 Å². The molecule has 1 aromatic heterocycles. The highest BCUT2D eigenvalue weighted by Crippen LogP contribution is 2.75. The smallest absolute Gasteiger partial charge is 0.138 e. The standard InChI is InChI=1S/C37H53NO3/c1-21-11-12-25-22(17-21)23-19-34(6)28-18-26(39)29-24(37(9)15-10-14-32(2,3)41-37)13-16-35(29,7)36(28,8)20-27(40)30(34)33(4,5)31(23)38-25/h11-12,17,24,26,28-30,38-39H,10,13-16,18-20H2,1-9H3/t24-,26+,28+,29-,30-,34+,35+,36+,37+/m0/s1. The van der Waals surface area contributed by atoms with Crippen molar-refractivity contribution in [2.45, 2.75) is 136 Å². The lowest BCUT2D eigenvalue weighted by Gasteiger charge is -2.69. The van der Waals surface area contributed by atoms with Gasteiger partial charge >= 0.3 is 0 Å². The van der Waals surface area contributed by atoms with Gasteiger partial charge in [0.2, 0.25) is 0 Å². The maximum absolute atomic E-state index is 14.6. The molecule has 0 bridgehead atoms. The van der Waals surface area contributed by atoms with Crippen molar-refractivity contribution in [2.24, 2.45) is 39.9 Å². The average Bonchev–Trinajstić information content (AvgIpc) is 3.40. The maximum Gasteiger partial charge on any atom is 0.138 e. The molecular weight excluding hydrogens is 506 g/mol. The molecule has 3 saturated carbocycles. The first kappa shape index (κ1) is 28.1. The minimum absolute atomic E-state index is 0.0562. The topological polar surface area (TPSA) is 62.3 Å². The van der Waals surface area contributed by atoms with Crippen LogP contribution in [0.2, 0.25) is 0 Å². The molecule has 7 rings (SSSR count). The van der Waals surface area contributed by atoms with Gasteiger partial charge in [0, 0.05) is 34.4 Å². The van der Waals surface area contributed by atoms with Gasteiger partial charge in [-0.25, -0.2) is 0 Å². The first-order valence-corrected chi connectivity index (χ1v) is 16.5. The number of carbonyl (C=O) groups is 1. The molecule has 4 nitrogen and oxygen atoms in total. The zero-order chi connectivity index (χ0) is 29.5. The summed E-state index contributed by atoms with van der Waals surface area (Å²) in [4.78, 5) is 18.4. The van der Waals surface area contributed by atoms with E-state index in [2.05, 4.69) is 85.5 Å². The predicted octanol–water partition coefficient (Wildman–Crippen LogP) is 8.06. The van der Waals surface area contributed by atoms with Crippen molar-refractivity contribution in [3.8, 4) is 0 Å². The Kier molecular flexibility index (Phi) is 5.69. The number of ketones is 1. The Balaban J connectivity index is 1.33. The number of rotatable bonds is 1. The van der Waals surface area contributed by atoms with Gasteiger partial charge in [0.1, 0.15) is 5.78 Å². The van der Waals surface area contributed by atoms with E-state index in [4.69, 9.17) is 4.74 Å². The lowest BCUT2D eigenvalue weighted by molar-refractivity contribution is -0.239. The lowest BCUT2D eigenvalue weighted by atomic mass is 9.35. The van der Waals surface area contributed by atoms with Crippen LogP contribution in [0.1, 0.15) is 117 Å². The molecule has 1 saturated heterocycles. The second-order valence-electron chi connectivity index (χ2n) is 17.4. The summed E-state index contributed by atoms with van der Waals surface area (Å²) >= 11 is 0. The average molecular weight is 560 g/mol. The molecule has 224 valence electrons. The molecule has 0 spiro atoms. The first-order chi connectivity index (χ1) is 19.0. The monoisotopic (exact) mass is 559 g/mol. The van der Waals surface area contributed by atoms with Crippen LogP contribution < -0.4 is 0 Å². The second kappa shape index (κ2) is 8.29. The molecule has 1 aliphatic heterocycles. The molecule has 4 heteroatoms. The molecule has 5 aliphatic rings. The number of nitrogens with one attached hydrogen (secondary N) is 1. The van der Waals surface area contributed by atoms with Gasteiger partial charge in [0.25, 0.3) is 0 Å². The van der Waals surface area contributed by atoms with Crippen LogP contribution in [-0.2, 0) is 21.4 Å². The van der Waals surface area contributed by atoms with Gasteiger partial charge in [0.15, 0.2) is 0 Å². The van der Waals surface area contributed by atoms with Crippen LogP contribution in [0.5, 0.6) is 0 Å². The number of aliphatic hydroxyl groups excluding tert-OH is 1. The fourth-order valence-electron chi connectivity index (χ4n) is 12.6. The molecule has 0 amide bonds. The number of benzene rings is 1. The van der Waals surface area contributed by atoms with Crippen LogP contribution in [0.3, 0.4) is 0 Å². The third-order valence-electron chi connectivity index (χ3n) is 14.2. The van der Waals surface area contributed by atoms with Crippen LogP contribution in [0.25, 0.3) is 10.9 Å². The molecule has 2 aromatic rings. The van der Waals surface area contributed by atoms with E-state index in [1.807, 2.05) is 0 Å². The van der Waals surface area contributed by atoms with Gasteiger partial charge < -0.3 is 14.8 Å². The Hall–Kier alpha value is -1.65. The highest BCUT2D eigenvalue weighted by molar-refractivity contribution is 5.90. The molecule has 4 aliphatic carbocycles. The van der Waals surface area contributed by atoms with Gasteiger partial charge in [-0.2, -0.15) is 0 Å². The number of aromatic nitrogens is 1. The zero-order valence-corrected chi connectivity index (χ0v) is 27.0. The molecule has 2 N–H and O–H groups in total. The predicted molar refractivity (Wildman–Crippen MR) is 165 cm³/mol. The van der Waals surface area contributed by atoms with Crippen molar-refractivity contribution < 1.29 is 14.6 Å². The summed E-state index contributed by atoms with van der Waals surface area (Å²) in [5.41, 5.74) is 4.03. The molecule has 0 unspecified atom stereocenters.